The van der Waals surface area contributed by atoms with Crippen molar-refractivity contribution < 1.29 is 14.3 Å². The maximum absolute atomic E-state index is 11.9. The Balaban J connectivity index is 1.74. The second-order valence-corrected chi connectivity index (χ2v) is 6.16. The Morgan fingerprint density at radius 1 is 1.04 bits per heavy atom. The molecule has 0 fully saturated rings. The molecule has 0 aliphatic rings. The lowest BCUT2D eigenvalue weighted by atomic mass is 10.1. The lowest BCUT2D eigenvalue weighted by Gasteiger charge is -2.15. The molecule has 5 nitrogen and oxygen atoms in total. The molecule has 132 valence electrons. The number of nitrogens with one attached hydrogen (secondary N) is 2. The number of rotatable bonds is 7. The van der Waals surface area contributed by atoms with E-state index in [1.807, 2.05) is 25.1 Å². The van der Waals surface area contributed by atoms with Crippen LogP contribution in [0.3, 0.4) is 0 Å². The highest BCUT2D eigenvalue weighted by molar-refractivity contribution is 6.42. The van der Waals surface area contributed by atoms with Crippen molar-refractivity contribution in [3.63, 3.8) is 0 Å². The molecule has 2 N–H and O–H groups in total. The van der Waals surface area contributed by atoms with Gasteiger partial charge in [0, 0.05) is 0 Å². The standard InChI is InChI=1S/C18H18Cl2N2O3/c1-12(13-7-8-15(19)16(20)9-13)22-17(23)10-21-18(24)11-25-14-5-3-2-4-6-14/h2-9,12H,10-11H2,1H3,(H,21,24)(H,22,23). The van der Waals surface area contributed by atoms with Crippen molar-refractivity contribution in [1.29, 1.82) is 0 Å². The molecular weight excluding hydrogens is 363 g/mol. The number of benzene rings is 2. The molecule has 0 saturated heterocycles. The zero-order chi connectivity index (χ0) is 18.2. The van der Waals surface area contributed by atoms with E-state index < -0.39 is 0 Å². The highest BCUT2D eigenvalue weighted by Gasteiger charge is 2.12. The third kappa shape index (κ3) is 6.29. The predicted octanol–water partition coefficient (Wildman–Crippen LogP) is 3.37. The number of para-hydroxylation sites is 1. The van der Waals surface area contributed by atoms with Gasteiger partial charge in [-0.05, 0) is 36.8 Å². The molecule has 2 aromatic rings. The molecule has 2 rings (SSSR count). The fraction of sp³-hybridized carbons (Fsp3) is 0.222. The number of amides is 2. The van der Waals surface area contributed by atoms with Crippen LogP contribution in [-0.2, 0) is 9.59 Å². The average Bonchev–Trinajstić information content (AvgIpc) is 2.61. The summed E-state index contributed by atoms with van der Waals surface area (Å²) in [6.45, 7) is 1.53. The van der Waals surface area contributed by atoms with Crippen LogP contribution in [0.4, 0.5) is 0 Å². The SMILES string of the molecule is CC(NC(=O)CNC(=O)COc1ccccc1)c1ccc(Cl)c(Cl)c1. The zero-order valence-corrected chi connectivity index (χ0v) is 15.1. The van der Waals surface area contributed by atoms with Crippen molar-refractivity contribution >= 4 is 35.0 Å². The quantitative estimate of drug-likeness (QED) is 0.773. The number of carbonyl (C=O) groups excluding carboxylic acids is 2. The maximum Gasteiger partial charge on any atom is 0.258 e. The van der Waals surface area contributed by atoms with Gasteiger partial charge in [-0.25, -0.2) is 0 Å². The van der Waals surface area contributed by atoms with Crippen LogP contribution in [0.2, 0.25) is 10.0 Å². The fourth-order valence-electron chi connectivity index (χ4n) is 2.05. The third-order valence-corrected chi connectivity index (χ3v) is 4.12. The molecule has 0 radical (unpaired) electrons. The molecule has 0 heterocycles. The molecule has 1 atom stereocenters. The first-order chi connectivity index (χ1) is 12.0. The Morgan fingerprint density at radius 2 is 1.76 bits per heavy atom. The normalized spacial score (nSPS) is 11.5. The summed E-state index contributed by atoms with van der Waals surface area (Å²) < 4.78 is 5.30. The van der Waals surface area contributed by atoms with Crippen LogP contribution in [-0.4, -0.2) is 25.0 Å². The van der Waals surface area contributed by atoms with Crippen LogP contribution in [0.5, 0.6) is 5.75 Å². The van der Waals surface area contributed by atoms with E-state index in [1.165, 1.54) is 0 Å². The van der Waals surface area contributed by atoms with E-state index >= 15 is 0 Å². The Kier molecular flexibility index (Phi) is 7.10. The second kappa shape index (κ2) is 9.30. The van der Waals surface area contributed by atoms with Crippen LogP contribution in [0.15, 0.2) is 48.5 Å². The van der Waals surface area contributed by atoms with Gasteiger partial charge in [0.15, 0.2) is 6.61 Å². The van der Waals surface area contributed by atoms with Crippen molar-refractivity contribution in [3.8, 4) is 5.75 Å². The van der Waals surface area contributed by atoms with Gasteiger partial charge in [-0.3, -0.25) is 9.59 Å². The van der Waals surface area contributed by atoms with Gasteiger partial charge in [0.1, 0.15) is 5.75 Å². The molecule has 7 heteroatoms. The number of ether oxygens (including phenoxy) is 1. The minimum Gasteiger partial charge on any atom is -0.484 e. The molecule has 2 amide bonds. The van der Waals surface area contributed by atoms with Gasteiger partial charge in [-0.2, -0.15) is 0 Å². The third-order valence-electron chi connectivity index (χ3n) is 3.38. The smallest absolute Gasteiger partial charge is 0.258 e. The summed E-state index contributed by atoms with van der Waals surface area (Å²) in [4.78, 5) is 23.6. The van der Waals surface area contributed by atoms with Crippen LogP contribution in [0.1, 0.15) is 18.5 Å². The summed E-state index contributed by atoms with van der Waals surface area (Å²) in [6.07, 6.45) is 0. The first kappa shape index (κ1) is 19.1. The van der Waals surface area contributed by atoms with Crippen LogP contribution < -0.4 is 15.4 Å². The summed E-state index contributed by atoms with van der Waals surface area (Å²) in [5, 5.41) is 6.16. The summed E-state index contributed by atoms with van der Waals surface area (Å²) in [6, 6.07) is 13.9. The number of carbonyl (C=O) groups is 2. The molecule has 1 unspecified atom stereocenters. The summed E-state index contributed by atoms with van der Waals surface area (Å²) in [5.41, 5.74) is 0.821. The summed E-state index contributed by atoms with van der Waals surface area (Å²) in [7, 11) is 0. The van der Waals surface area contributed by atoms with E-state index in [4.69, 9.17) is 27.9 Å². The van der Waals surface area contributed by atoms with E-state index in [2.05, 4.69) is 10.6 Å². The maximum atomic E-state index is 11.9. The molecule has 0 bridgehead atoms. The highest BCUT2D eigenvalue weighted by atomic mass is 35.5. The molecule has 0 aliphatic carbocycles. The van der Waals surface area contributed by atoms with Gasteiger partial charge in [0.2, 0.25) is 5.91 Å². The first-order valence-corrected chi connectivity index (χ1v) is 8.40. The van der Waals surface area contributed by atoms with Crippen molar-refractivity contribution in [2.45, 2.75) is 13.0 Å². The largest absolute Gasteiger partial charge is 0.484 e. The van der Waals surface area contributed by atoms with Crippen molar-refractivity contribution in [2.24, 2.45) is 0 Å². The molecule has 0 saturated carbocycles. The van der Waals surface area contributed by atoms with Gasteiger partial charge in [-0.15, -0.1) is 0 Å². The molecule has 0 aromatic heterocycles. The minimum absolute atomic E-state index is 0.136. The van der Waals surface area contributed by atoms with E-state index in [9.17, 15) is 9.59 Å². The molecular formula is C18H18Cl2N2O3. The Hall–Kier alpha value is -2.24. The van der Waals surface area contributed by atoms with Gasteiger partial charge in [-0.1, -0.05) is 47.5 Å². The molecule has 0 spiro atoms. The van der Waals surface area contributed by atoms with Crippen LogP contribution in [0.25, 0.3) is 0 Å². The lowest BCUT2D eigenvalue weighted by Crippen LogP contribution is -2.39. The van der Waals surface area contributed by atoms with Crippen molar-refractivity contribution in [1.82, 2.24) is 10.6 Å². The molecule has 0 aliphatic heterocycles. The van der Waals surface area contributed by atoms with E-state index in [0.717, 1.165) is 5.56 Å². The molecule has 2 aromatic carbocycles. The Bertz CT molecular complexity index is 738. The summed E-state index contributed by atoms with van der Waals surface area (Å²) >= 11 is 11.8. The number of halogens is 2. The number of hydrogen-bond donors (Lipinski definition) is 2. The van der Waals surface area contributed by atoms with Gasteiger partial charge in [0.05, 0.1) is 22.6 Å². The monoisotopic (exact) mass is 380 g/mol. The topological polar surface area (TPSA) is 67.4 Å². The van der Waals surface area contributed by atoms with Crippen molar-refractivity contribution in [2.75, 3.05) is 13.2 Å². The summed E-state index contributed by atoms with van der Waals surface area (Å²) in [5.74, 6) is -0.0943. The average molecular weight is 381 g/mol. The highest BCUT2D eigenvalue weighted by Crippen LogP contribution is 2.25. The van der Waals surface area contributed by atoms with Gasteiger partial charge < -0.3 is 15.4 Å². The van der Waals surface area contributed by atoms with E-state index in [1.54, 1.807) is 30.3 Å². The van der Waals surface area contributed by atoms with Crippen LogP contribution >= 0.6 is 23.2 Å². The van der Waals surface area contributed by atoms with Crippen molar-refractivity contribution in [3.05, 3.63) is 64.1 Å². The first-order valence-electron chi connectivity index (χ1n) is 7.64. The second-order valence-electron chi connectivity index (χ2n) is 5.34. The Labute approximate surface area is 156 Å². The van der Waals surface area contributed by atoms with Crippen LogP contribution in [0, 0.1) is 0 Å². The fourth-order valence-corrected chi connectivity index (χ4v) is 2.36. The number of hydrogen-bond acceptors (Lipinski definition) is 3. The Morgan fingerprint density at radius 3 is 2.44 bits per heavy atom. The van der Waals surface area contributed by atoms with Gasteiger partial charge >= 0.3 is 0 Å². The zero-order valence-electron chi connectivity index (χ0n) is 13.6. The van der Waals surface area contributed by atoms with E-state index in [0.29, 0.717) is 15.8 Å². The predicted molar refractivity (Wildman–Crippen MR) is 98.0 cm³/mol. The molecule has 25 heavy (non-hydrogen) atoms. The van der Waals surface area contributed by atoms with Gasteiger partial charge in [0.25, 0.3) is 5.91 Å². The van der Waals surface area contributed by atoms with E-state index in [-0.39, 0.29) is 31.0 Å². The minimum atomic E-state index is -0.374. The lowest BCUT2D eigenvalue weighted by molar-refractivity contribution is -0.127.